The maximum absolute atomic E-state index is 12.1. The quantitative estimate of drug-likeness (QED) is 0.264. The second-order valence-corrected chi connectivity index (χ2v) is 6.97. The number of carbonyl (C=O) groups excluding carboxylic acids is 1. The molecule has 0 aliphatic heterocycles. The molecule has 0 aliphatic carbocycles. The van der Waals surface area contributed by atoms with E-state index in [1.165, 1.54) is 10.9 Å². The van der Waals surface area contributed by atoms with Gasteiger partial charge in [0.1, 0.15) is 0 Å². The number of aromatic amines is 1. The number of aromatic nitrogens is 1. The molecule has 6 nitrogen and oxygen atoms in total. The number of hydrogen-bond acceptors (Lipinski definition) is 2. The van der Waals surface area contributed by atoms with Crippen LogP contribution in [0.15, 0.2) is 35.5 Å². The molecule has 1 amide bonds. The Hall–Kier alpha value is -1.77. The molecule has 2 aromatic rings. The SMILES string of the molecule is CCNC(=O)C(C)(C)CN=C(NCC)NCCc1c[nH]c2ccccc12.I. The number of rotatable bonds is 8. The van der Waals surface area contributed by atoms with Crippen LogP contribution in [0.4, 0.5) is 0 Å². The van der Waals surface area contributed by atoms with Crippen molar-refractivity contribution in [3.8, 4) is 0 Å². The van der Waals surface area contributed by atoms with Crippen LogP contribution in [0.1, 0.15) is 33.3 Å². The predicted octanol–water partition coefficient (Wildman–Crippen LogP) is 3.05. The van der Waals surface area contributed by atoms with Crippen molar-refractivity contribution in [2.75, 3.05) is 26.2 Å². The van der Waals surface area contributed by atoms with Crippen molar-refractivity contribution < 1.29 is 4.79 Å². The summed E-state index contributed by atoms with van der Waals surface area (Å²) in [6, 6.07) is 8.31. The zero-order chi connectivity index (χ0) is 19.0. The van der Waals surface area contributed by atoms with E-state index in [9.17, 15) is 4.79 Å². The lowest BCUT2D eigenvalue weighted by Crippen LogP contribution is -2.42. The van der Waals surface area contributed by atoms with Crippen molar-refractivity contribution in [3.63, 3.8) is 0 Å². The van der Waals surface area contributed by atoms with Gasteiger partial charge in [0.15, 0.2) is 5.96 Å². The van der Waals surface area contributed by atoms with Crippen LogP contribution in [0.5, 0.6) is 0 Å². The summed E-state index contributed by atoms with van der Waals surface area (Å²) in [6.07, 6.45) is 2.96. The maximum Gasteiger partial charge on any atom is 0.227 e. The normalized spacial score (nSPS) is 11.8. The Balaban J connectivity index is 0.00000364. The maximum atomic E-state index is 12.1. The van der Waals surface area contributed by atoms with E-state index < -0.39 is 5.41 Å². The molecule has 0 radical (unpaired) electrons. The number of H-pyrrole nitrogens is 1. The van der Waals surface area contributed by atoms with E-state index in [0.29, 0.717) is 13.1 Å². The number of fused-ring (bicyclic) bond motifs is 1. The van der Waals surface area contributed by atoms with Crippen LogP contribution >= 0.6 is 24.0 Å². The molecule has 0 spiro atoms. The van der Waals surface area contributed by atoms with Gasteiger partial charge in [-0.3, -0.25) is 9.79 Å². The van der Waals surface area contributed by atoms with Gasteiger partial charge >= 0.3 is 0 Å². The van der Waals surface area contributed by atoms with Crippen molar-refractivity contribution in [2.24, 2.45) is 10.4 Å². The largest absolute Gasteiger partial charge is 0.361 e. The molecule has 0 bridgehead atoms. The van der Waals surface area contributed by atoms with Gasteiger partial charge in [0, 0.05) is 36.7 Å². The molecule has 1 aromatic heterocycles. The van der Waals surface area contributed by atoms with Crippen molar-refractivity contribution >= 4 is 46.7 Å². The lowest BCUT2D eigenvalue weighted by atomic mass is 9.92. The summed E-state index contributed by atoms with van der Waals surface area (Å²) in [5, 5.41) is 10.7. The van der Waals surface area contributed by atoms with Gasteiger partial charge in [0.05, 0.1) is 12.0 Å². The molecular formula is C20H32IN5O. The zero-order valence-electron chi connectivity index (χ0n) is 16.7. The van der Waals surface area contributed by atoms with Crippen molar-refractivity contribution in [1.29, 1.82) is 0 Å². The average molecular weight is 485 g/mol. The molecular weight excluding hydrogens is 453 g/mol. The molecule has 0 atom stereocenters. The van der Waals surface area contributed by atoms with E-state index in [0.717, 1.165) is 31.0 Å². The van der Waals surface area contributed by atoms with Crippen LogP contribution in [0.25, 0.3) is 10.9 Å². The standard InChI is InChI=1S/C20H31N5O.HI/c1-5-21-18(26)20(3,4)14-25-19(22-6-2)23-12-11-15-13-24-17-10-8-7-9-16(15)17;/h7-10,13,24H,5-6,11-12,14H2,1-4H3,(H,21,26)(H2,22,23,25);1H. The number of halogens is 1. The minimum Gasteiger partial charge on any atom is -0.361 e. The Morgan fingerprint density at radius 1 is 1.11 bits per heavy atom. The Bertz CT molecular complexity index is 754. The van der Waals surface area contributed by atoms with E-state index in [1.54, 1.807) is 0 Å². The van der Waals surface area contributed by atoms with Gasteiger partial charge in [-0.25, -0.2) is 0 Å². The number of nitrogens with zero attached hydrogens (tertiary/aromatic N) is 1. The highest BCUT2D eigenvalue weighted by molar-refractivity contribution is 14.0. The number of para-hydroxylation sites is 1. The molecule has 4 N–H and O–H groups in total. The van der Waals surface area contributed by atoms with E-state index >= 15 is 0 Å². The highest BCUT2D eigenvalue weighted by atomic mass is 127. The van der Waals surface area contributed by atoms with Crippen molar-refractivity contribution in [3.05, 3.63) is 36.0 Å². The molecule has 7 heteroatoms. The topological polar surface area (TPSA) is 81.3 Å². The minimum atomic E-state index is -0.533. The number of carbonyl (C=O) groups is 1. The van der Waals surface area contributed by atoms with Gasteiger partial charge in [0.2, 0.25) is 5.91 Å². The van der Waals surface area contributed by atoms with E-state index in [4.69, 9.17) is 0 Å². The molecule has 1 aromatic carbocycles. The summed E-state index contributed by atoms with van der Waals surface area (Å²) in [5.74, 6) is 0.767. The Kier molecular flexibility index (Phi) is 9.62. The monoisotopic (exact) mass is 485 g/mol. The fourth-order valence-electron chi connectivity index (χ4n) is 2.74. The molecule has 0 unspecified atom stereocenters. The summed E-state index contributed by atoms with van der Waals surface area (Å²) >= 11 is 0. The van der Waals surface area contributed by atoms with Gasteiger partial charge in [-0.05, 0) is 45.7 Å². The fraction of sp³-hybridized carbons (Fsp3) is 0.500. The summed E-state index contributed by atoms with van der Waals surface area (Å²) in [5.41, 5.74) is 1.91. The highest BCUT2D eigenvalue weighted by Crippen LogP contribution is 2.18. The Morgan fingerprint density at radius 2 is 1.81 bits per heavy atom. The molecule has 0 aliphatic rings. The molecule has 150 valence electrons. The second kappa shape index (κ2) is 11.2. The minimum absolute atomic E-state index is 0. The summed E-state index contributed by atoms with van der Waals surface area (Å²) in [7, 11) is 0. The second-order valence-electron chi connectivity index (χ2n) is 6.97. The third-order valence-electron chi connectivity index (χ3n) is 4.29. The third-order valence-corrected chi connectivity index (χ3v) is 4.29. The first-order valence-electron chi connectivity index (χ1n) is 9.33. The van der Waals surface area contributed by atoms with Crippen LogP contribution in [0, 0.1) is 5.41 Å². The number of benzene rings is 1. The summed E-state index contributed by atoms with van der Waals surface area (Å²) < 4.78 is 0. The van der Waals surface area contributed by atoms with Crippen LogP contribution in [-0.2, 0) is 11.2 Å². The number of nitrogens with one attached hydrogen (secondary N) is 4. The Morgan fingerprint density at radius 3 is 2.52 bits per heavy atom. The van der Waals surface area contributed by atoms with Crippen LogP contribution < -0.4 is 16.0 Å². The van der Waals surface area contributed by atoms with Gasteiger partial charge < -0.3 is 20.9 Å². The van der Waals surface area contributed by atoms with Gasteiger partial charge in [-0.1, -0.05) is 18.2 Å². The van der Waals surface area contributed by atoms with Gasteiger partial charge in [0.25, 0.3) is 0 Å². The van der Waals surface area contributed by atoms with E-state index in [-0.39, 0.29) is 29.9 Å². The molecule has 1 heterocycles. The van der Waals surface area contributed by atoms with Crippen molar-refractivity contribution in [1.82, 2.24) is 20.9 Å². The van der Waals surface area contributed by atoms with E-state index in [1.807, 2.05) is 33.8 Å². The smallest absolute Gasteiger partial charge is 0.227 e. The van der Waals surface area contributed by atoms with Crippen LogP contribution in [0.3, 0.4) is 0 Å². The van der Waals surface area contributed by atoms with E-state index in [2.05, 4.69) is 50.3 Å². The summed E-state index contributed by atoms with van der Waals surface area (Å²) in [4.78, 5) is 20.0. The third kappa shape index (κ3) is 6.71. The number of amides is 1. The van der Waals surface area contributed by atoms with Crippen LogP contribution in [0.2, 0.25) is 0 Å². The summed E-state index contributed by atoms with van der Waals surface area (Å²) in [6.45, 7) is 10.4. The number of hydrogen-bond donors (Lipinski definition) is 4. The van der Waals surface area contributed by atoms with Gasteiger partial charge in [-0.2, -0.15) is 0 Å². The first-order valence-corrected chi connectivity index (χ1v) is 9.33. The average Bonchev–Trinajstić information content (AvgIpc) is 3.03. The van der Waals surface area contributed by atoms with Crippen molar-refractivity contribution in [2.45, 2.75) is 34.1 Å². The predicted molar refractivity (Wildman–Crippen MR) is 124 cm³/mol. The first-order chi connectivity index (χ1) is 12.5. The molecule has 27 heavy (non-hydrogen) atoms. The number of guanidine groups is 1. The lowest BCUT2D eigenvalue weighted by Gasteiger charge is -2.22. The number of aliphatic imine (C=N–C) groups is 1. The first kappa shape index (κ1) is 23.3. The van der Waals surface area contributed by atoms with Gasteiger partial charge in [-0.15, -0.1) is 24.0 Å². The van der Waals surface area contributed by atoms with Crippen LogP contribution in [-0.4, -0.2) is 43.0 Å². The lowest BCUT2D eigenvalue weighted by molar-refractivity contribution is -0.128. The Labute approximate surface area is 179 Å². The molecule has 0 fully saturated rings. The molecule has 0 saturated carbocycles. The highest BCUT2D eigenvalue weighted by Gasteiger charge is 2.26. The zero-order valence-corrected chi connectivity index (χ0v) is 19.0. The molecule has 0 saturated heterocycles. The fourth-order valence-corrected chi connectivity index (χ4v) is 2.74. The molecule has 2 rings (SSSR count).